The second-order valence-corrected chi connectivity index (χ2v) is 8.97. The molecule has 28 heavy (non-hydrogen) atoms. The second kappa shape index (κ2) is 8.75. The second-order valence-electron chi connectivity index (χ2n) is 7.06. The number of likely N-dealkylation sites (tertiary alicyclic amines) is 1. The summed E-state index contributed by atoms with van der Waals surface area (Å²) in [6.07, 6.45) is 1.97. The number of carbonyl (C=O) groups is 1. The molecule has 1 N–H and O–H groups in total. The molecule has 0 aliphatic carbocycles. The first-order chi connectivity index (χ1) is 12.9. The van der Waals surface area contributed by atoms with E-state index in [1.54, 1.807) is 4.31 Å². The first kappa shape index (κ1) is 22.6. The summed E-state index contributed by atoms with van der Waals surface area (Å²) in [5, 5.41) is 7.12. The van der Waals surface area contributed by atoms with Crippen LogP contribution in [0.1, 0.15) is 31.4 Å². The molecule has 1 spiro atoms. The third-order valence-corrected chi connectivity index (χ3v) is 6.44. The maximum Gasteiger partial charge on any atom is 0.490 e. The molecule has 3 heterocycles. The van der Waals surface area contributed by atoms with Gasteiger partial charge in [0.15, 0.2) is 0 Å². The number of sulfonamides is 1. The lowest BCUT2D eigenvalue weighted by atomic mass is 9.86. The van der Waals surface area contributed by atoms with Crippen LogP contribution in [0.25, 0.3) is 0 Å². The maximum atomic E-state index is 12.0. The first-order valence-corrected chi connectivity index (χ1v) is 10.7. The summed E-state index contributed by atoms with van der Waals surface area (Å²) in [4.78, 5) is 15.6. The monoisotopic (exact) mass is 423 g/mol. The third-order valence-electron chi connectivity index (χ3n) is 5.07. The minimum Gasteiger partial charge on any atom is -0.475 e. The van der Waals surface area contributed by atoms with Crippen LogP contribution < -0.4 is 0 Å². The van der Waals surface area contributed by atoms with E-state index in [2.05, 4.69) is 9.88 Å². The zero-order valence-electron chi connectivity index (χ0n) is 15.5. The summed E-state index contributed by atoms with van der Waals surface area (Å²) in [6, 6.07) is 5.98. The van der Waals surface area contributed by atoms with Crippen molar-refractivity contribution in [3.05, 3.63) is 30.1 Å². The van der Waals surface area contributed by atoms with E-state index in [9.17, 15) is 21.6 Å². The summed E-state index contributed by atoms with van der Waals surface area (Å²) in [6.45, 7) is 3.44. The van der Waals surface area contributed by atoms with Crippen molar-refractivity contribution in [2.75, 3.05) is 25.9 Å². The van der Waals surface area contributed by atoms with Gasteiger partial charge in [-0.05, 0) is 37.8 Å². The quantitative estimate of drug-likeness (QED) is 0.801. The number of hydrogen-bond donors (Lipinski definition) is 1. The van der Waals surface area contributed by atoms with Gasteiger partial charge in [0.25, 0.3) is 0 Å². The SMILES string of the molecule is CS(=O)(=O)N1CCCC12CCN(Cc1ccccn1)CC2.O=C(O)C(F)(F)F. The van der Waals surface area contributed by atoms with Gasteiger partial charge in [-0.3, -0.25) is 9.88 Å². The minimum absolute atomic E-state index is 0.117. The Bertz CT molecular complexity index is 764. The molecule has 2 saturated heterocycles. The molecule has 158 valence electrons. The summed E-state index contributed by atoms with van der Waals surface area (Å²) >= 11 is 0. The Balaban J connectivity index is 0.000000345. The highest BCUT2D eigenvalue weighted by molar-refractivity contribution is 7.88. The van der Waals surface area contributed by atoms with E-state index in [4.69, 9.17) is 9.90 Å². The fraction of sp³-hybridized carbons (Fsp3) is 0.647. The van der Waals surface area contributed by atoms with Gasteiger partial charge >= 0.3 is 12.1 Å². The van der Waals surface area contributed by atoms with Crippen molar-refractivity contribution >= 4 is 16.0 Å². The molecule has 0 bridgehead atoms. The van der Waals surface area contributed by atoms with Crippen molar-refractivity contribution in [1.29, 1.82) is 0 Å². The predicted molar refractivity (Wildman–Crippen MR) is 96.0 cm³/mol. The van der Waals surface area contributed by atoms with Crippen LogP contribution in [-0.4, -0.2) is 71.3 Å². The van der Waals surface area contributed by atoms with Crippen LogP contribution in [0.4, 0.5) is 13.2 Å². The molecule has 1 aromatic rings. The largest absolute Gasteiger partial charge is 0.490 e. The van der Waals surface area contributed by atoms with E-state index in [1.807, 2.05) is 24.4 Å². The van der Waals surface area contributed by atoms with E-state index in [1.165, 1.54) is 6.26 Å². The molecule has 0 unspecified atom stereocenters. The normalized spacial score (nSPS) is 20.6. The number of halogens is 3. The lowest BCUT2D eigenvalue weighted by molar-refractivity contribution is -0.192. The summed E-state index contributed by atoms with van der Waals surface area (Å²) < 4.78 is 57.5. The Morgan fingerprint density at radius 1 is 1.21 bits per heavy atom. The van der Waals surface area contributed by atoms with Gasteiger partial charge in [0.1, 0.15) is 0 Å². The molecular weight excluding hydrogens is 399 g/mol. The van der Waals surface area contributed by atoms with E-state index in [0.29, 0.717) is 6.54 Å². The average molecular weight is 423 g/mol. The van der Waals surface area contributed by atoms with Gasteiger partial charge in [0.2, 0.25) is 10.0 Å². The summed E-state index contributed by atoms with van der Waals surface area (Å²) in [7, 11) is -3.08. The van der Waals surface area contributed by atoms with Crippen molar-refractivity contribution in [3.63, 3.8) is 0 Å². The number of piperidine rings is 1. The average Bonchev–Trinajstić information content (AvgIpc) is 3.01. The van der Waals surface area contributed by atoms with Crippen molar-refractivity contribution in [2.24, 2.45) is 0 Å². The number of aromatic nitrogens is 1. The molecule has 7 nitrogen and oxygen atoms in total. The Kier molecular flexibility index (Phi) is 7.05. The van der Waals surface area contributed by atoms with Crippen molar-refractivity contribution < 1.29 is 31.5 Å². The van der Waals surface area contributed by atoms with Gasteiger partial charge in [-0.25, -0.2) is 13.2 Å². The Morgan fingerprint density at radius 2 is 1.82 bits per heavy atom. The van der Waals surface area contributed by atoms with E-state index in [0.717, 1.165) is 51.0 Å². The topological polar surface area (TPSA) is 90.8 Å². The smallest absolute Gasteiger partial charge is 0.475 e. The van der Waals surface area contributed by atoms with Crippen molar-refractivity contribution in [2.45, 2.75) is 43.9 Å². The lowest BCUT2D eigenvalue weighted by Gasteiger charge is -2.43. The number of hydrogen-bond acceptors (Lipinski definition) is 5. The van der Waals surface area contributed by atoms with Gasteiger partial charge in [-0.15, -0.1) is 0 Å². The molecule has 2 aliphatic heterocycles. The lowest BCUT2D eigenvalue weighted by Crippen LogP contribution is -2.53. The predicted octanol–water partition coefficient (Wildman–Crippen LogP) is 2.10. The van der Waals surface area contributed by atoms with Crippen LogP contribution in [-0.2, 0) is 21.4 Å². The Hall–Kier alpha value is -1.72. The van der Waals surface area contributed by atoms with Gasteiger partial charge in [0, 0.05) is 37.9 Å². The molecule has 0 amide bonds. The number of pyridine rings is 1. The van der Waals surface area contributed by atoms with Gasteiger partial charge < -0.3 is 5.11 Å². The molecule has 0 radical (unpaired) electrons. The van der Waals surface area contributed by atoms with Crippen LogP contribution in [0.2, 0.25) is 0 Å². The van der Waals surface area contributed by atoms with Gasteiger partial charge in [-0.1, -0.05) is 6.07 Å². The fourth-order valence-corrected chi connectivity index (χ4v) is 5.22. The number of aliphatic carboxylic acids is 1. The number of rotatable bonds is 3. The minimum atomic E-state index is -5.08. The molecule has 1 aromatic heterocycles. The summed E-state index contributed by atoms with van der Waals surface area (Å²) in [5.41, 5.74) is 0.966. The van der Waals surface area contributed by atoms with Crippen molar-refractivity contribution in [1.82, 2.24) is 14.2 Å². The molecule has 0 aromatic carbocycles. The van der Waals surface area contributed by atoms with Crippen LogP contribution in [0, 0.1) is 0 Å². The van der Waals surface area contributed by atoms with Crippen LogP contribution >= 0.6 is 0 Å². The van der Waals surface area contributed by atoms with E-state index in [-0.39, 0.29) is 5.54 Å². The zero-order chi connectivity index (χ0) is 21.0. The first-order valence-electron chi connectivity index (χ1n) is 8.84. The molecule has 2 aliphatic rings. The van der Waals surface area contributed by atoms with E-state index < -0.39 is 22.2 Å². The molecule has 0 atom stereocenters. The third kappa shape index (κ3) is 5.89. The molecular formula is C17H24F3N3O4S. The van der Waals surface area contributed by atoms with Gasteiger partial charge in [-0.2, -0.15) is 17.5 Å². The molecule has 3 rings (SSSR count). The molecule has 2 fully saturated rings. The Morgan fingerprint density at radius 3 is 2.29 bits per heavy atom. The molecule has 11 heteroatoms. The van der Waals surface area contributed by atoms with Crippen LogP contribution in [0.15, 0.2) is 24.4 Å². The van der Waals surface area contributed by atoms with Gasteiger partial charge in [0.05, 0.1) is 11.9 Å². The standard InChI is InChI=1S/C15H23N3O2S.C2HF3O2/c1-21(19,20)18-10-4-6-15(18)7-11-17(12-8-15)13-14-5-2-3-9-16-14;3-2(4,5)1(6)7/h2-3,5,9H,4,6-8,10-13H2,1H3;(H,6,7). The number of nitrogens with zero attached hydrogens (tertiary/aromatic N) is 3. The van der Waals surface area contributed by atoms with E-state index >= 15 is 0 Å². The Labute approximate surface area is 162 Å². The highest BCUT2D eigenvalue weighted by Gasteiger charge is 2.47. The van der Waals surface area contributed by atoms with Crippen LogP contribution in [0.5, 0.6) is 0 Å². The van der Waals surface area contributed by atoms with Crippen LogP contribution in [0.3, 0.4) is 0 Å². The molecule has 0 saturated carbocycles. The summed E-state index contributed by atoms with van der Waals surface area (Å²) in [5.74, 6) is -2.76. The fourth-order valence-electron chi connectivity index (χ4n) is 3.78. The zero-order valence-corrected chi connectivity index (χ0v) is 16.3. The van der Waals surface area contributed by atoms with Crippen molar-refractivity contribution in [3.8, 4) is 0 Å². The number of carboxylic acids is 1. The number of carboxylic acid groups (broad SMARTS) is 1. The highest BCUT2D eigenvalue weighted by atomic mass is 32.2. The maximum absolute atomic E-state index is 12.0. The number of alkyl halides is 3. The highest BCUT2D eigenvalue weighted by Crippen LogP contribution is 2.40.